The maximum Gasteiger partial charge on any atom is 0.125 e. The Morgan fingerprint density at radius 1 is 1.21 bits per heavy atom. The van der Waals surface area contributed by atoms with Crippen LogP contribution < -0.4 is 4.74 Å². The van der Waals surface area contributed by atoms with Gasteiger partial charge in [-0.2, -0.15) is 5.26 Å². The number of hydrogen-bond donors (Lipinski definition) is 0. The summed E-state index contributed by atoms with van der Waals surface area (Å²) < 4.78 is 5.92. The van der Waals surface area contributed by atoms with Crippen LogP contribution in [0.1, 0.15) is 33.7 Å². The zero-order valence-electron chi connectivity index (χ0n) is 11.1. The van der Waals surface area contributed by atoms with Crippen molar-refractivity contribution in [2.75, 3.05) is 0 Å². The molecule has 94 valence electrons. The third-order valence-corrected chi connectivity index (χ3v) is 3.66. The van der Waals surface area contributed by atoms with Crippen LogP contribution >= 0.6 is 0 Å². The van der Waals surface area contributed by atoms with Gasteiger partial charge < -0.3 is 4.74 Å². The Morgan fingerprint density at radius 2 is 2.00 bits per heavy atom. The van der Waals surface area contributed by atoms with Crippen molar-refractivity contribution < 1.29 is 4.74 Å². The topological polar surface area (TPSA) is 33.0 Å². The number of rotatable bonds is 0. The predicted molar refractivity (Wildman–Crippen MR) is 74.1 cm³/mol. The Balaban J connectivity index is 2.28. The Labute approximate surface area is 113 Å². The summed E-state index contributed by atoms with van der Waals surface area (Å²) in [5.74, 6) is 0.606. The van der Waals surface area contributed by atoms with E-state index in [1.165, 1.54) is 5.56 Å². The first-order valence-electron chi connectivity index (χ1n) is 6.42. The molecule has 3 rings (SSSR count). The third kappa shape index (κ3) is 1.88. The maximum atomic E-state index is 9.60. The Kier molecular flexibility index (Phi) is 2.76. The van der Waals surface area contributed by atoms with E-state index in [2.05, 4.69) is 19.1 Å². The third-order valence-electron chi connectivity index (χ3n) is 3.66. The molecular formula is C17H15NO. The van der Waals surface area contributed by atoms with Gasteiger partial charge in [-0.1, -0.05) is 30.3 Å². The van der Waals surface area contributed by atoms with Crippen molar-refractivity contribution in [1.29, 1.82) is 5.26 Å². The summed E-state index contributed by atoms with van der Waals surface area (Å²) in [7, 11) is 0. The van der Waals surface area contributed by atoms with Gasteiger partial charge in [0, 0.05) is 5.56 Å². The van der Waals surface area contributed by atoms with Gasteiger partial charge in [-0.05, 0) is 42.2 Å². The van der Waals surface area contributed by atoms with Crippen molar-refractivity contribution in [3.05, 3.63) is 64.2 Å². The molecular weight excluding hydrogens is 234 g/mol. The van der Waals surface area contributed by atoms with Gasteiger partial charge in [0.1, 0.15) is 18.3 Å². The van der Waals surface area contributed by atoms with Crippen LogP contribution in [0.4, 0.5) is 0 Å². The molecule has 1 heterocycles. The summed E-state index contributed by atoms with van der Waals surface area (Å²) in [4.78, 5) is 0. The van der Waals surface area contributed by atoms with Gasteiger partial charge >= 0.3 is 0 Å². The van der Waals surface area contributed by atoms with Crippen LogP contribution in [0.3, 0.4) is 0 Å². The molecule has 0 bridgehead atoms. The highest BCUT2D eigenvalue weighted by Crippen LogP contribution is 2.39. The number of hydrogen-bond acceptors (Lipinski definition) is 2. The van der Waals surface area contributed by atoms with Crippen molar-refractivity contribution in [2.45, 2.75) is 26.4 Å². The SMILES string of the molecule is Cc1cc(C)c2c(c1)OCc1ccccc1C2C#N. The number of nitriles is 1. The van der Waals surface area contributed by atoms with Crippen LogP contribution in [0.25, 0.3) is 0 Å². The van der Waals surface area contributed by atoms with Crippen LogP contribution in [0.5, 0.6) is 5.75 Å². The van der Waals surface area contributed by atoms with Crippen molar-refractivity contribution in [1.82, 2.24) is 0 Å². The largest absolute Gasteiger partial charge is 0.489 e. The zero-order valence-corrected chi connectivity index (χ0v) is 11.1. The maximum absolute atomic E-state index is 9.60. The summed E-state index contributed by atoms with van der Waals surface area (Å²) in [6.45, 7) is 4.63. The van der Waals surface area contributed by atoms with Crippen LogP contribution in [0, 0.1) is 25.2 Å². The van der Waals surface area contributed by atoms with Gasteiger partial charge in [0.05, 0.1) is 6.07 Å². The number of aryl methyl sites for hydroxylation is 2. The highest BCUT2D eigenvalue weighted by Gasteiger charge is 2.26. The van der Waals surface area contributed by atoms with E-state index in [1.807, 2.05) is 37.3 Å². The minimum absolute atomic E-state index is 0.241. The van der Waals surface area contributed by atoms with Crippen molar-refractivity contribution >= 4 is 0 Å². The monoisotopic (exact) mass is 249 g/mol. The molecule has 0 fully saturated rings. The molecule has 0 aliphatic carbocycles. The van der Waals surface area contributed by atoms with Crippen LogP contribution in [0.2, 0.25) is 0 Å². The van der Waals surface area contributed by atoms with E-state index in [-0.39, 0.29) is 5.92 Å². The molecule has 2 aromatic rings. The lowest BCUT2D eigenvalue weighted by Crippen LogP contribution is -2.02. The fourth-order valence-corrected chi connectivity index (χ4v) is 2.82. The summed E-state index contributed by atoms with van der Waals surface area (Å²) in [5.41, 5.74) is 5.47. The first-order chi connectivity index (χ1) is 9.20. The molecule has 0 N–H and O–H groups in total. The Hall–Kier alpha value is -2.27. The minimum atomic E-state index is -0.241. The van der Waals surface area contributed by atoms with Crippen molar-refractivity contribution in [3.63, 3.8) is 0 Å². The molecule has 2 aromatic carbocycles. The summed E-state index contributed by atoms with van der Waals surface area (Å²) >= 11 is 0. The van der Waals surface area contributed by atoms with E-state index in [0.717, 1.165) is 28.0 Å². The van der Waals surface area contributed by atoms with Gasteiger partial charge in [-0.15, -0.1) is 0 Å². The summed E-state index contributed by atoms with van der Waals surface area (Å²) in [6, 6.07) is 14.6. The molecule has 0 amide bonds. The van der Waals surface area contributed by atoms with E-state index >= 15 is 0 Å². The first kappa shape index (κ1) is 11.8. The van der Waals surface area contributed by atoms with Gasteiger partial charge in [-0.25, -0.2) is 0 Å². The molecule has 2 heteroatoms. The van der Waals surface area contributed by atoms with E-state index < -0.39 is 0 Å². The number of ether oxygens (including phenoxy) is 1. The minimum Gasteiger partial charge on any atom is -0.489 e. The quantitative estimate of drug-likeness (QED) is 0.710. The molecule has 19 heavy (non-hydrogen) atoms. The highest BCUT2D eigenvalue weighted by molar-refractivity contribution is 5.54. The Morgan fingerprint density at radius 3 is 2.79 bits per heavy atom. The van der Waals surface area contributed by atoms with Crippen molar-refractivity contribution in [3.8, 4) is 11.8 Å². The van der Waals surface area contributed by atoms with Gasteiger partial charge in [0.2, 0.25) is 0 Å². The lowest BCUT2D eigenvalue weighted by molar-refractivity contribution is 0.306. The van der Waals surface area contributed by atoms with E-state index in [9.17, 15) is 5.26 Å². The van der Waals surface area contributed by atoms with E-state index in [0.29, 0.717) is 6.61 Å². The van der Waals surface area contributed by atoms with Gasteiger partial charge in [-0.3, -0.25) is 0 Å². The molecule has 2 nitrogen and oxygen atoms in total. The first-order valence-corrected chi connectivity index (χ1v) is 6.42. The van der Waals surface area contributed by atoms with Gasteiger partial charge in [0.15, 0.2) is 0 Å². The molecule has 0 spiro atoms. The second kappa shape index (κ2) is 4.44. The number of fused-ring (bicyclic) bond motifs is 2. The number of benzene rings is 2. The molecule has 1 atom stereocenters. The van der Waals surface area contributed by atoms with Crippen LogP contribution in [0.15, 0.2) is 36.4 Å². The molecule has 0 radical (unpaired) electrons. The Bertz CT molecular complexity index is 682. The predicted octanol–water partition coefficient (Wildman–Crippen LogP) is 3.85. The van der Waals surface area contributed by atoms with Gasteiger partial charge in [0.25, 0.3) is 0 Å². The fraction of sp³-hybridized carbons (Fsp3) is 0.235. The molecule has 0 saturated carbocycles. The highest BCUT2D eigenvalue weighted by atomic mass is 16.5. The molecule has 1 aliphatic heterocycles. The standard InChI is InChI=1S/C17H15NO/c1-11-7-12(2)17-15(9-18)14-6-4-3-5-13(14)10-19-16(17)8-11/h3-8,15H,10H2,1-2H3. The lowest BCUT2D eigenvalue weighted by atomic mass is 9.86. The number of nitrogens with zero attached hydrogens (tertiary/aromatic N) is 1. The molecule has 0 saturated heterocycles. The molecule has 1 aliphatic rings. The average molecular weight is 249 g/mol. The molecule has 0 aromatic heterocycles. The fourth-order valence-electron chi connectivity index (χ4n) is 2.82. The van der Waals surface area contributed by atoms with Crippen LogP contribution in [-0.4, -0.2) is 0 Å². The zero-order chi connectivity index (χ0) is 13.4. The average Bonchev–Trinajstić information content (AvgIpc) is 2.55. The normalized spacial score (nSPS) is 16.6. The second-order valence-corrected chi connectivity index (χ2v) is 5.04. The summed E-state index contributed by atoms with van der Waals surface area (Å²) in [6.07, 6.45) is 0. The van der Waals surface area contributed by atoms with E-state index in [4.69, 9.17) is 4.74 Å². The van der Waals surface area contributed by atoms with E-state index in [1.54, 1.807) is 0 Å². The summed E-state index contributed by atoms with van der Waals surface area (Å²) in [5, 5.41) is 9.60. The second-order valence-electron chi connectivity index (χ2n) is 5.04. The smallest absolute Gasteiger partial charge is 0.125 e. The van der Waals surface area contributed by atoms with Crippen LogP contribution in [-0.2, 0) is 6.61 Å². The molecule has 1 unspecified atom stereocenters. The van der Waals surface area contributed by atoms with Crippen molar-refractivity contribution in [2.24, 2.45) is 0 Å². The lowest BCUT2D eigenvalue weighted by Gasteiger charge is -2.15.